The summed E-state index contributed by atoms with van der Waals surface area (Å²) in [4.78, 5) is 22.0. The van der Waals surface area contributed by atoms with E-state index in [4.69, 9.17) is 0 Å². The van der Waals surface area contributed by atoms with Crippen LogP contribution in [0.25, 0.3) is 10.6 Å². The Morgan fingerprint density at radius 2 is 1.81 bits per heavy atom. The number of amides is 1. The molecule has 0 bridgehead atoms. The molecule has 0 aliphatic rings. The number of hydrogen-bond acceptors (Lipinski definition) is 6. The Labute approximate surface area is 153 Å². The van der Waals surface area contributed by atoms with Crippen LogP contribution in [0.2, 0.25) is 0 Å². The van der Waals surface area contributed by atoms with Crippen LogP contribution in [-0.2, 0) is 6.18 Å². The molecule has 1 N–H and O–H groups in total. The quantitative estimate of drug-likeness (QED) is 0.523. The van der Waals surface area contributed by atoms with E-state index >= 15 is 0 Å². The molecule has 1 heterocycles. The molecule has 0 saturated heterocycles. The van der Waals surface area contributed by atoms with Crippen molar-refractivity contribution >= 4 is 28.1 Å². The Morgan fingerprint density at radius 1 is 1.11 bits per heavy atom. The zero-order chi connectivity index (χ0) is 19.6. The van der Waals surface area contributed by atoms with Crippen molar-refractivity contribution in [1.82, 2.24) is 10.2 Å². The minimum atomic E-state index is -4.90. The van der Waals surface area contributed by atoms with Crippen LogP contribution in [0.5, 0.6) is 0 Å². The average Bonchev–Trinajstić information content (AvgIpc) is 3.09. The summed E-state index contributed by atoms with van der Waals surface area (Å²) in [5.41, 5.74) is -2.14. The molecule has 1 aromatic heterocycles. The minimum absolute atomic E-state index is 0.112. The van der Waals surface area contributed by atoms with Gasteiger partial charge in [0.1, 0.15) is 10.6 Å². The first-order valence-electron chi connectivity index (χ1n) is 7.31. The second kappa shape index (κ2) is 7.11. The standard InChI is InChI=1S/C16H9F3N4O3S/c17-16(18,19)11-7-6-10(8-12(11)23(25)26)13(24)20-15-22-21-14(27-15)9-4-2-1-3-5-9/h1-8H,(H,20,22,24). The lowest BCUT2D eigenvalue weighted by Gasteiger charge is -2.08. The van der Waals surface area contributed by atoms with Crippen molar-refractivity contribution in [1.29, 1.82) is 0 Å². The molecule has 138 valence electrons. The number of nitrogens with zero attached hydrogens (tertiary/aromatic N) is 3. The first-order chi connectivity index (χ1) is 12.8. The molecule has 27 heavy (non-hydrogen) atoms. The monoisotopic (exact) mass is 394 g/mol. The van der Waals surface area contributed by atoms with Crippen molar-refractivity contribution in [2.75, 3.05) is 5.32 Å². The molecule has 0 spiro atoms. The van der Waals surface area contributed by atoms with Crippen LogP contribution in [0, 0.1) is 10.1 Å². The molecule has 0 aliphatic heterocycles. The molecule has 0 aliphatic carbocycles. The van der Waals surface area contributed by atoms with Crippen LogP contribution in [-0.4, -0.2) is 21.0 Å². The second-order valence-electron chi connectivity index (χ2n) is 5.22. The molecule has 7 nitrogen and oxygen atoms in total. The highest BCUT2D eigenvalue weighted by Gasteiger charge is 2.38. The highest BCUT2D eigenvalue weighted by molar-refractivity contribution is 7.18. The van der Waals surface area contributed by atoms with E-state index in [2.05, 4.69) is 15.5 Å². The van der Waals surface area contributed by atoms with Crippen molar-refractivity contribution in [3.05, 3.63) is 69.8 Å². The molecule has 1 amide bonds. The average molecular weight is 394 g/mol. The third kappa shape index (κ3) is 4.08. The van der Waals surface area contributed by atoms with Gasteiger partial charge in [-0.1, -0.05) is 41.7 Å². The minimum Gasteiger partial charge on any atom is -0.296 e. The number of carbonyl (C=O) groups is 1. The van der Waals surface area contributed by atoms with Gasteiger partial charge in [0.15, 0.2) is 0 Å². The molecule has 11 heteroatoms. The summed E-state index contributed by atoms with van der Waals surface area (Å²) in [6.07, 6.45) is -4.90. The van der Waals surface area contributed by atoms with Gasteiger partial charge in [-0.25, -0.2) is 0 Å². The van der Waals surface area contributed by atoms with Crippen LogP contribution in [0.15, 0.2) is 48.5 Å². The first-order valence-corrected chi connectivity index (χ1v) is 8.13. The van der Waals surface area contributed by atoms with E-state index in [-0.39, 0.29) is 10.7 Å². The Balaban J connectivity index is 1.84. The summed E-state index contributed by atoms with van der Waals surface area (Å²) in [6.45, 7) is 0. The highest BCUT2D eigenvalue weighted by Crippen LogP contribution is 2.36. The number of rotatable bonds is 4. The van der Waals surface area contributed by atoms with E-state index in [0.29, 0.717) is 17.1 Å². The summed E-state index contributed by atoms with van der Waals surface area (Å²) in [5.74, 6) is -0.831. The lowest BCUT2D eigenvalue weighted by atomic mass is 10.1. The number of carbonyl (C=O) groups excluding carboxylic acids is 1. The van der Waals surface area contributed by atoms with Crippen molar-refractivity contribution in [2.45, 2.75) is 6.18 Å². The molecule has 2 aromatic carbocycles. The maximum atomic E-state index is 12.8. The second-order valence-corrected chi connectivity index (χ2v) is 6.20. The molecule has 0 atom stereocenters. The fraction of sp³-hybridized carbons (Fsp3) is 0.0625. The van der Waals surface area contributed by atoms with E-state index in [0.717, 1.165) is 23.0 Å². The fourth-order valence-corrected chi connectivity index (χ4v) is 2.95. The molecule has 0 saturated carbocycles. The third-order valence-electron chi connectivity index (χ3n) is 3.43. The number of nitrogens with one attached hydrogen (secondary N) is 1. The predicted molar refractivity (Wildman–Crippen MR) is 91.4 cm³/mol. The third-order valence-corrected chi connectivity index (χ3v) is 4.32. The van der Waals surface area contributed by atoms with Crippen LogP contribution >= 0.6 is 11.3 Å². The largest absolute Gasteiger partial charge is 0.422 e. The Bertz CT molecular complexity index is 1010. The van der Waals surface area contributed by atoms with Crippen molar-refractivity contribution in [2.24, 2.45) is 0 Å². The Kier molecular flexibility index (Phi) is 4.86. The number of alkyl halides is 3. The number of nitro benzene ring substituents is 1. The van der Waals surface area contributed by atoms with Crippen molar-refractivity contribution < 1.29 is 22.9 Å². The fourth-order valence-electron chi connectivity index (χ4n) is 2.20. The van der Waals surface area contributed by atoms with Gasteiger partial charge in [-0.05, 0) is 12.1 Å². The zero-order valence-corrected chi connectivity index (χ0v) is 14.0. The van der Waals surface area contributed by atoms with E-state index in [1.807, 2.05) is 6.07 Å². The summed E-state index contributed by atoms with van der Waals surface area (Å²) in [6, 6.07) is 11.0. The molecular weight excluding hydrogens is 385 g/mol. The number of aromatic nitrogens is 2. The zero-order valence-electron chi connectivity index (χ0n) is 13.2. The molecule has 3 aromatic rings. The smallest absolute Gasteiger partial charge is 0.296 e. The van der Waals surface area contributed by atoms with Crippen molar-refractivity contribution in [3.63, 3.8) is 0 Å². The number of anilines is 1. The van der Waals surface area contributed by atoms with Gasteiger partial charge < -0.3 is 0 Å². The maximum absolute atomic E-state index is 12.8. The van der Waals surface area contributed by atoms with Gasteiger partial charge >= 0.3 is 6.18 Å². The maximum Gasteiger partial charge on any atom is 0.422 e. The van der Waals surface area contributed by atoms with Gasteiger partial charge in [0.05, 0.1) is 4.92 Å². The Hall–Kier alpha value is -3.34. The van der Waals surface area contributed by atoms with Crippen molar-refractivity contribution in [3.8, 4) is 10.6 Å². The van der Waals surface area contributed by atoms with Crippen LogP contribution in [0.4, 0.5) is 24.0 Å². The van der Waals surface area contributed by atoms with Crippen LogP contribution < -0.4 is 5.32 Å². The number of benzene rings is 2. The lowest BCUT2D eigenvalue weighted by Crippen LogP contribution is -2.14. The SMILES string of the molecule is O=C(Nc1nnc(-c2ccccc2)s1)c1ccc(C(F)(F)F)c([N+](=O)[O-])c1. The Morgan fingerprint density at radius 3 is 2.44 bits per heavy atom. The van der Waals surface area contributed by atoms with Crippen LogP contribution in [0.3, 0.4) is 0 Å². The summed E-state index contributed by atoms with van der Waals surface area (Å²) in [7, 11) is 0. The highest BCUT2D eigenvalue weighted by atomic mass is 32.1. The topological polar surface area (TPSA) is 98.0 Å². The lowest BCUT2D eigenvalue weighted by molar-refractivity contribution is -0.388. The predicted octanol–water partition coefficient (Wildman–Crippen LogP) is 4.38. The number of halogens is 3. The van der Waals surface area contributed by atoms with E-state index in [9.17, 15) is 28.1 Å². The van der Waals surface area contributed by atoms with Crippen LogP contribution in [0.1, 0.15) is 15.9 Å². The molecule has 0 unspecified atom stereocenters. The van der Waals surface area contributed by atoms with Gasteiger partial charge in [0.25, 0.3) is 11.6 Å². The molecule has 3 rings (SSSR count). The molecule has 0 fully saturated rings. The number of nitro groups is 1. The van der Waals surface area contributed by atoms with E-state index < -0.39 is 28.3 Å². The van der Waals surface area contributed by atoms with E-state index in [1.165, 1.54) is 0 Å². The van der Waals surface area contributed by atoms with Gasteiger partial charge in [0.2, 0.25) is 5.13 Å². The summed E-state index contributed by atoms with van der Waals surface area (Å²) in [5, 5.41) is 21.7. The van der Waals surface area contributed by atoms with Gasteiger partial charge in [-0.2, -0.15) is 13.2 Å². The molecule has 0 radical (unpaired) electrons. The summed E-state index contributed by atoms with van der Waals surface area (Å²) < 4.78 is 38.5. The van der Waals surface area contributed by atoms with Gasteiger partial charge in [-0.3, -0.25) is 20.2 Å². The first kappa shape index (κ1) is 18.5. The molecular formula is C16H9F3N4O3S. The number of hydrogen-bond donors (Lipinski definition) is 1. The summed E-state index contributed by atoms with van der Waals surface area (Å²) >= 11 is 1.06. The van der Waals surface area contributed by atoms with Gasteiger partial charge in [0, 0.05) is 17.2 Å². The normalized spacial score (nSPS) is 11.2. The van der Waals surface area contributed by atoms with E-state index in [1.54, 1.807) is 24.3 Å². The van der Waals surface area contributed by atoms with Gasteiger partial charge in [-0.15, -0.1) is 10.2 Å².